The lowest BCUT2D eigenvalue weighted by atomic mass is 10.1. The fraction of sp³-hybridized carbons (Fsp3) is 0.500. The molecule has 0 aromatic heterocycles. The van der Waals surface area contributed by atoms with Crippen LogP contribution in [0.5, 0.6) is 0 Å². The monoisotopic (exact) mass is 227 g/mol. The van der Waals surface area contributed by atoms with Crippen LogP contribution >= 0.6 is 11.6 Å². The SMILES string of the molecule is CC(NCC1CC1)c1ccc(Cl)c(F)c1. The van der Waals surface area contributed by atoms with Crippen LogP contribution in [0.3, 0.4) is 0 Å². The minimum Gasteiger partial charge on any atom is -0.310 e. The normalized spacial score (nSPS) is 17.8. The molecule has 0 bridgehead atoms. The van der Waals surface area contributed by atoms with Gasteiger partial charge in [-0.15, -0.1) is 0 Å². The second kappa shape index (κ2) is 4.50. The summed E-state index contributed by atoms with van der Waals surface area (Å²) in [6.07, 6.45) is 2.66. The molecule has 0 spiro atoms. The largest absolute Gasteiger partial charge is 0.310 e. The zero-order chi connectivity index (χ0) is 10.8. The number of hydrogen-bond donors (Lipinski definition) is 1. The molecule has 3 heteroatoms. The van der Waals surface area contributed by atoms with Gasteiger partial charge in [0.1, 0.15) is 5.82 Å². The number of hydrogen-bond acceptors (Lipinski definition) is 1. The van der Waals surface area contributed by atoms with Gasteiger partial charge < -0.3 is 5.32 Å². The summed E-state index contributed by atoms with van der Waals surface area (Å²) in [6.45, 7) is 3.08. The summed E-state index contributed by atoms with van der Waals surface area (Å²) in [6, 6.07) is 5.18. The standard InChI is InChI=1S/C12H15ClFN/c1-8(15-7-9-2-3-9)10-4-5-11(13)12(14)6-10/h4-6,8-9,15H,2-3,7H2,1H3. The minimum atomic E-state index is -0.339. The molecule has 1 atom stereocenters. The molecule has 1 nitrogen and oxygen atoms in total. The average molecular weight is 228 g/mol. The van der Waals surface area contributed by atoms with Gasteiger partial charge in [-0.1, -0.05) is 17.7 Å². The maximum atomic E-state index is 13.2. The van der Waals surface area contributed by atoms with Crippen LogP contribution in [-0.4, -0.2) is 6.54 Å². The third kappa shape index (κ3) is 2.93. The first kappa shape index (κ1) is 10.9. The predicted molar refractivity (Wildman–Crippen MR) is 60.6 cm³/mol. The molecule has 0 saturated heterocycles. The maximum absolute atomic E-state index is 13.2. The van der Waals surface area contributed by atoms with Gasteiger partial charge in [0.05, 0.1) is 5.02 Å². The van der Waals surface area contributed by atoms with Crippen molar-refractivity contribution in [3.63, 3.8) is 0 Å². The summed E-state index contributed by atoms with van der Waals surface area (Å²) < 4.78 is 13.2. The first-order valence-corrected chi connectivity index (χ1v) is 5.73. The first-order valence-electron chi connectivity index (χ1n) is 5.35. The van der Waals surface area contributed by atoms with Crippen LogP contribution in [0.2, 0.25) is 5.02 Å². The third-order valence-corrected chi connectivity index (χ3v) is 3.16. The molecule has 1 N–H and O–H groups in total. The van der Waals surface area contributed by atoms with Crippen molar-refractivity contribution in [1.82, 2.24) is 5.32 Å². The van der Waals surface area contributed by atoms with Crippen molar-refractivity contribution in [3.05, 3.63) is 34.6 Å². The fourth-order valence-corrected chi connectivity index (χ4v) is 1.68. The van der Waals surface area contributed by atoms with Crippen LogP contribution in [0.1, 0.15) is 31.4 Å². The van der Waals surface area contributed by atoms with Gasteiger partial charge in [-0.2, -0.15) is 0 Å². The van der Waals surface area contributed by atoms with Crippen LogP contribution in [0, 0.1) is 11.7 Å². The Morgan fingerprint density at radius 1 is 1.53 bits per heavy atom. The van der Waals surface area contributed by atoms with Crippen molar-refractivity contribution >= 4 is 11.6 Å². The van der Waals surface area contributed by atoms with Crippen molar-refractivity contribution < 1.29 is 4.39 Å². The minimum absolute atomic E-state index is 0.188. The molecular formula is C12H15ClFN. The summed E-state index contributed by atoms with van der Waals surface area (Å²) in [5.41, 5.74) is 0.956. The van der Waals surface area contributed by atoms with Crippen molar-refractivity contribution in [1.29, 1.82) is 0 Å². The van der Waals surface area contributed by atoms with Crippen molar-refractivity contribution in [2.24, 2.45) is 5.92 Å². The smallest absolute Gasteiger partial charge is 0.142 e. The molecule has 0 heterocycles. The van der Waals surface area contributed by atoms with Gasteiger partial charge in [0.2, 0.25) is 0 Å². The molecule has 82 valence electrons. The second-order valence-corrected chi connectivity index (χ2v) is 4.65. The Bertz CT molecular complexity index is 349. The van der Waals surface area contributed by atoms with Crippen LogP contribution < -0.4 is 5.32 Å². The molecule has 2 rings (SSSR count). The average Bonchev–Trinajstić information content (AvgIpc) is 3.02. The van der Waals surface area contributed by atoms with Crippen LogP contribution in [-0.2, 0) is 0 Å². The van der Waals surface area contributed by atoms with Gasteiger partial charge in [-0.3, -0.25) is 0 Å². The topological polar surface area (TPSA) is 12.0 Å². The van der Waals surface area contributed by atoms with Gasteiger partial charge in [0, 0.05) is 6.04 Å². The van der Waals surface area contributed by atoms with E-state index < -0.39 is 0 Å². The Hall–Kier alpha value is -0.600. The molecule has 1 aliphatic rings. The Kier molecular flexibility index (Phi) is 3.27. The highest BCUT2D eigenvalue weighted by Gasteiger charge is 2.21. The molecular weight excluding hydrogens is 213 g/mol. The van der Waals surface area contributed by atoms with E-state index in [9.17, 15) is 4.39 Å². The molecule has 1 aromatic carbocycles. The Morgan fingerprint density at radius 2 is 2.27 bits per heavy atom. The van der Waals surface area contributed by atoms with E-state index in [4.69, 9.17) is 11.6 Å². The highest BCUT2D eigenvalue weighted by Crippen LogP contribution is 2.28. The lowest BCUT2D eigenvalue weighted by Crippen LogP contribution is -2.21. The molecule has 1 unspecified atom stereocenters. The van der Waals surface area contributed by atoms with E-state index in [0.717, 1.165) is 18.0 Å². The number of benzene rings is 1. The Morgan fingerprint density at radius 3 is 2.87 bits per heavy atom. The molecule has 1 saturated carbocycles. The van der Waals surface area contributed by atoms with Crippen molar-refractivity contribution in [2.45, 2.75) is 25.8 Å². The van der Waals surface area contributed by atoms with Crippen LogP contribution in [0.4, 0.5) is 4.39 Å². The summed E-state index contributed by atoms with van der Waals surface area (Å²) in [7, 11) is 0. The summed E-state index contributed by atoms with van der Waals surface area (Å²) in [5.74, 6) is 0.499. The van der Waals surface area contributed by atoms with E-state index >= 15 is 0 Å². The van der Waals surface area contributed by atoms with Crippen LogP contribution in [0.25, 0.3) is 0 Å². The van der Waals surface area contributed by atoms with Gasteiger partial charge in [-0.25, -0.2) is 4.39 Å². The van der Waals surface area contributed by atoms with Gasteiger partial charge in [-0.05, 0) is 49.9 Å². The quantitative estimate of drug-likeness (QED) is 0.830. The molecule has 15 heavy (non-hydrogen) atoms. The van der Waals surface area contributed by atoms with E-state index in [-0.39, 0.29) is 16.9 Å². The van der Waals surface area contributed by atoms with Crippen molar-refractivity contribution in [3.8, 4) is 0 Å². The fourth-order valence-electron chi connectivity index (χ4n) is 1.56. The lowest BCUT2D eigenvalue weighted by Gasteiger charge is -2.14. The van der Waals surface area contributed by atoms with E-state index in [0.29, 0.717) is 0 Å². The summed E-state index contributed by atoms with van der Waals surface area (Å²) in [4.78, 5) is 0. The highest BCUT2D eigenvalue weighted by atomic mass is 35.5. The molecule has 1 aliphatic carbocycles. The Balaban J connectivity index is 1.97. The van der Waals surface area contributed by atoms with E-state index in [1.54, 1.807) is 6.07 Å². The highest BCUT2D eigenvalue weighted by molar-refractivity contribution is 6.30. The zero-order valence-corrected chi connectivity index (χ0v) is 9.52. The Labute approximate surface area is 94.6 Å². The maximum Gasteiger partial charge on any atom is 0.142 e. The first-order chi connectivity index (χ1) is 7.16. The molecule has 0 amide bonds. The van der Waals surface area contributed by atoms with Crippen LogP contribution in [0.15, 0.2) is 18.2 Å². The molecule has 0 radical (unpaired) electrons. The lowest BCUT2D eigenvalue weighted by molar-refractivity contribution is 0.543. The number of rotatable bonds is 4. The number of halogens is 2. The van der Waals surface area contributed by atoms with Gasteiger partial charge >= 0.3 is 0 Å². The zero-order valence-electron chi connectivity index (χ0n) is 8.76. The van der Waals surface area contributed by atoms with Crippen molar-refractivity contribution in [2.75, 3.05) is 6.54 Å². The molecule has 1 aromatic rings. The third-order valence-electron chi connectivity index (χ3n) is 2.85. The second-order valence-electron chi connectivity index (χ2n) is 4.25. The van der Waals surface area contributed by atoms with E-state index in [1.807, 2.05) is 13.0 Å². The summed E-state index contributed by atoms with van der Waals surface area (Å²) >= 11 is 5.63. The van der Waals surface area contributed by atoms with Gasteiger partial charge in [0.15, 0.2) is 0 Å². The summed E-state index contributed by atoms with van der Waals surface area (Å²) in [5, 5.41) is 3.59. The van der Waals surface area contributed by atoms with Gasteiger partial charge in [0.25, 0.3) is 0 Å². The number of nitrogens with one attached hydrogen (secondary N) is 1. The predicted octanol–water partition coefficient (Wildman–Crippen LogP) is 3.54. The van der Waals surface area contributed by atoms with E-state index in [2.05, 4.69) is 5.32 Å². The molecule has 1 fully saturated rings. The van der Waals surface area contributed by atoms with E-state index in [1.165, 1.54) is 18.9 Å². The molecule has 0 aliphatic heterocycles.